The maximum atomic E-state index is 4.82. The van der Waals surface area contributed by atoms with Crippen LogP contribution in [0.5, 0.6) is 0 Å². The number of nitrogens with zero attached hydrogens (tertiary/aromatic N) is 1. The van der Waals surface area contributed by atoms with Crippen LogP contribution in [0.15, 0.2) is 249 Å². The van der Waals surface area contributed by atoms with Crippen LogP contribution in [0.25, 0.3) is 116 Å². The van der Waals surface area contributed by atoms with Crippen LogP contribution in [0, 0.1) is 0 Å². The molecular formula is C65H45N. The van der Waals surface area contributed by atoms with Crippen molar-refractivity contribution in [3.8, 4) is 77.9 Å². The summed E-state index contributed by atoms with van der Waals surface area (Å²) >= 11 is 0. The lowest BCUT2D eigenvalue weighted by Gasteiger charge is -2.26. The summed E-state index contributed by atoms with van der Waals surface area (Å²) in [6.45, 7) is 0. The highest BCUT2D eigenvalue weighted by Gasteiger charge is 2.25. The maximum Gasteiger partial charge on any atom is 0.0780 e. The Morgan fingerprint density at radius 3 is 1.35 bits per heavy atom. The van der Waals surface area contributed by atoms with E-state index in [0.29, 0.717) is 0 Å². The molecule has 1 aliphatic rings. The van der Waals surface area contributed by atoms with Crippen molar-refractivity contribution >= 4 is 38.0 Å². The summed E-state index contributed by atoms with van der Waals surface area (Å²) in [6, 6.07) is 82.3. The highest BCUT2D eigenvalue weighted by molar-refractivity contribution is 6.22. The minimum atomic E-state index is 1.02. The van der Waals surface area contributed by atoms with E-state index in [1.54, 1.807) is 0 Å². The Kier molecular flexibility index (Phi) is 10.1. The van der Waals surface area contributed by atoms with E-state index >= 15 is 0 Å². The molecule has 0 unspecified atom stereocenters. The van der Waals surface area contributed by atoms with Gasteiger partial charge in [0.2, 0.25) is 0 Å². The molecule has 0 fully saturated rings. The van der Waals surface area contributed by atoms with E-state index in [4.69, 9.17) is 4.98 Å². The van der Waals surface area contributed by atoms with Crippen LogP contribution in [0.4, 0.5) is 0 Å². The zero-order chi connectivity index (χ0) is 43.8. The van der Waals surface area contributed by atoms with Crippen LogP contribution in [0.3, 0.4) is 0 Å². The van der Waals surface area contributed by atoms with Gasteiger partial charge >= 0.3 is 0 Å². The number of aromatic nitrogens is 1. The molecule has 1 nitrogen and oxygen atoms in total. The minimum absolute atomic E-state index is 1.02. The molecule has 0 bridgehead atoms. The molecule has 310 valence electrons. The van der Waals surface area contributed by atoms with Crippen molar-refractivity contribution in [2.45, 2.75) is 12.8 Å². The zero-order valence-corrected chi connectivity index (χ0v) is 36.5. The molecular weight excluding hydrogens is 795 g/mol. The molecule has 12 rings (SSSR count). The second-order valence-corrected chi connectivity index (χ2v) is 17.2. The van der Waals surface area contributed by atoms with Crippen molar-refractivity contribution in [2.75, 3.05) is 0 Å². The minimum Gasteiger partial charge on any atom is -0.256 e. The third-order valence-corrected chi connectivity index (χ3v) is 13.3. The Labute approximate surface area is 386 Å². The average Bonchev–Trinajstić information content (AvgIpc) is 3.40. The SMILES string of the molecule is C1=CC(c2c(-c3ccccc3)cc(-c3cccc(-c4c5ccccc5c(-c5cccc(-c6cccc7cccnc67)c5)c5ccccc45)c3)c(-c3ccccc3)c2-c2ccccc2)=CCC1. The van der Waals surface area contributed by atoms with Crippen molar-refractivity contribution in [3.63, 3.8) is 0 Å². The van der Waals surface area contributed by atoms with Gasteiger partial charge in [0.15, 0.2) is 0 Å². The Morgan fingerprint density at radius 1 is 0.303 bits per heavy atom. The molecule has 1 aliphatic carbocycles. The summed E-state index contributed by atoms with van der Waals surface area (Å²) in [5, 5.41) is 6.05. The molecule has 66 heavy (non-hydrogen) atoms. The molecule has 0 amide bonds. The number of benzene rings is 10. The fraction of sp³-hybridized carbons (Fsp3) is 0.0308. The molecule has 0 aliphatic heterocycles. The van der Waals surface area contributed by atoms with Gasteiger partial charge in [-0.25, -0.2) is 0 Å². The second-order valence-electron chi connectivity index (χ2n) is 17.2. The molecule has 0 radical (unpaired) electrons. The Balaban J connectivity index is 1.12. The second kappa shape index (κ2) is 17.0. The largest absolute Gasteiger partial charge is 0.256 e. The molecule has 1 heteroatoms. The summed E-state index contributed by atoms with van der Waals surface area (Å²) in [5.41, 5.74) is 20.4. The predicted molar refractivity (Wildman–Crippen MR) is 281 cm³/mol. The molecule has 0 spiro atoms. The van der Waals surface area contributed by atoms with Crippen LogP contribution in [-0.2, 0) is 0 Å². The first-order valence-corrected chi connectivity index (χ1v) is 23.0. The van der Waals surface area contributed by atoms with Crippen LogP contribution < -0.4 is 0 Å². The van der Waals surface area contributed by atoms with E-state index in [1.807, 2.05) is 12.3 Å². The van der Waals surface area contributed by atoms with E-state index < -0.39 is 0 Å². The molecule has 1 heterocycles. The number of hydrogen-bond donors (Lipinski definition) is 0. The van der Waals surface area contributed by atoms with Crippen molar-refractivity contribution in [3.05, 3.63) is 254 Å². The Hall–Kier alpha value is -8.39. The Bertz CT molecular complexity index is 3610. The van der Waals surface area contributed by atoms with Gasteiger partial charge in [-0.05, 0) is 142 Å². The number of hydrogen-bond acceptors (Lipinski definition) is 1. The number of pyridine rings is 1. The molecule has 0 atom stereocenters. The Morgan fingerprint density at radius 2 is 0.773 bits per heavy atom. The fourth-order valence-electron chi connectivity index (χ4n) is 10.4. The van der Waals surface area contributed by atoms with Crippen molar-refractivity contribution < 1.29 is 0 Å². The normalized spacial score (nSPS) is 12.5. The molecule has 0 N–H and O–H groups in total. The smallest absolute Gasteiger partial charge is 0.0780 e. The maximum absolute atomic E-state index is 4.82. The lowest BCUT2D eigenvalue weighted by atomic mass is 9.77. The van der Waals surface area contributed by atoms with Gasteiger partial charge in [0.1, 0.15) is 0 Å². The first-order valence-electron chi connectivity index (χ1n) is 23.0. The van der Waals surface area contributed by atoms with Gasteiger partial charge in [-0.3, -0.25) is 4.98 Å². The summed E-state index contributed by atoms with van der Waals surface area (Å²) < 4.78 is 0. The van der Waals surface area contributed by atoms with E-state index in [1.165, 1.54) is 99.4 Å². The number of rotatable bonds is 8. The van der Waals surface area contributed by atoms with E-state index in [2.05, 4.69) is 237 Å². The number of allylic oxidation sites excluding steroid dienone is 4. The van der Waals surface area contributed by atoms with Gasteiger partial charge in [0.25, 0.3) is 0 Å². The predicted octanol–water partition coefficient (Wildman–Crippen LogP) is 17.9. The number of para-hydroxylation sites is 1. The molecule has 0 saturated carbocycles. The standard InChI is InChI=1S/C65H45N/c1-5-21-44(22-6-1)58-43-59(63(46-25-9-3-10-26-46)64(47-27-11-4-12-28-47)62(58)45-23-7-2-8-24-45)50-31-18-33-52(42-50)61-56-37-15-13-35-54(56)60(55-36-14-16-38-57(55)61)51-32-17-30-49(41-51)53-39-19-29-48-34-20-40-66-65(48)53/h1,3-7,9-43H,2,8H2. The first kappa shape index (κ1) is 39.2. The molecule has 10 aromatic carbocycles. The quantitative estimate of drug-likeness (QED) is 0.139. The summed E-state index contributed by atoms with van der Waals surface area (Å²) in [6.07, 6.45) is 11.1. The summed E-state index contributed by atoms with van der Waals surface area (Å²) in [4.78, 5) is 4.82. The topological polar surface area (TPSA) is 12.9 Å². The lowest BCUT2D eigenvalue weighted by molar-refractivity contribution is 1.04. The lowest BCUT2D eigenvalue weighted by Crippen LogP contribution is -2.01. The molecule has 0 saturated heterocycles. The van der Waals surface area contributed by atoms with E-state index in [0.717, 1.165) is 34.9 Å². The van der Waals surface area contributed by atoms with E-state index in [9.17, 15) is 0 Å². The molecule has 11 aromatic rings. The molecule has 1 aromatic heterocycles. The van der Waals surface area contributed by atoms with Gasteiger partial charge < -0.3 is 0 Å². The van der Waals surface area contributed by atoms with Crippen molar-refractivity contribution in [1.29, 1.82) is 0 Å². The zero-order valence-electron chi connectivity index (χ0n) is 36.5. The van der Waals surface area contributed by atoms with Gasteiger partial charge in [0.05, 0.1) is 5.52 Å². The van der Waals surface area contributed by atoms with Gasteiger partial charge in [-0.1, -0.05) is 218 Å². The summed E-state index contributed by atoms with van der Waals surface area (Å²) in [5.74, 6) is 0. The third kappa shape index (κ3) is 6.94. The van der Waals surface area contributed by atoms with Crippen molar-refractivity contribution in [1.82, 2.24) is 4.98 Å². The summed E-state index contributed by atoms with van der Waals surface area (Å²) in [7, 11) is 0. The van der Waals surface area contributed by atoms with Gasteiger partial charge in [-0.15, -0.1) is 0 Å². The monoisotopic (exact) mass is 839 g/mol. The van der Waals surface area contributed by atoms with Crippen LogP contribution >= 0.6 is 0 Å². The highest BCUT2D eigenvalue weighted by atomic mass is 14.6. The average molecular weight is 840 g/mol. The van der Waals surface area contributed by atoms with Crippen LogP contribution in [-0.4, -0.2) is 4.98 Å². The highest BCUT2D eigenvalue weighted by Crippen LogP contribution is 2.51. The van der Waals surface area contributed by atoms with E-state index in [-0.39, 0.29) is 0 Å². The van der Waals surface area contributed by atoms with Crippen LogP contribution in [0.1, 0.15) is 18.4 Å². The third-order valence-electron chi connectivity index (χ3n) is 13.3. The van der Waals surface area contributed by atoms with Crippen LogP contribution in [0.2, 0.25) is 0 Å². The van der Waals surface area contributed by atoms with Gasteiger partial charge in [-0.2, -0.15) is 0 Å². The van der Waals surface area contributed by atoms with Crippen molar-refractivity contribution in [2.24, 2.45) is 0 Å². The number of fused-ring (bicyclic) bond motifs is 3. The first-order chi connectivity index (χ1) is 32.8. The fourth-order valence-corrected chi connectivity index (χ4v) is 10.4. The van der Waals surface area contributed by atoms with Gasteiger partial charge in [0, 0.05) is 17.1 Å².